The fraction of sp³-hybridized carbons (Fsp3) is 0.333. The molecule has 4 rings (SSSR count). The Kier molecular flexibility index (Phi) is 3.39. The van der Waals surface area contributed by atoms with E-state index in [1.807, 2.05) is 18.5 Å². The van der Waals surface area contributed by atoms with E-state index in [1.54, 1.807) is 0 Å². The van der Waals surface area contributed by atoms with E-state index in [0.29, 0.717) is 5.92 Å². The number of nitrogens with zero attached hydrogens (tertiary/aromatic N) is 3. The third-order valence-corrected chi connectivity index (χ3v) is 4.66. The van der Waals surface area contributed by atoms with Gasteiger partial charge in [-0.25, -0.2) is 0 Å². The molecule has 0 unspecified atom stereocenters. The predicted octanol–water partition coefficient (Wildman–Crippen LogP) is 3.26. The Bertz CT molecular complexity index is 787. The predicted molar refractivity (Wildman–Crippen MR) is 87.7 cm³/mol. The number of hydrogen-bond acceptors (Lipinski definition) is 3. The summed E-state index contributed by atoms with van der Waals surface area (Å²) in [6.45, 7) is 5.33. The molecule has 1 saturated heterocycles. The average molecular weight is 292 g/mol. The van der Waals surface area contributed by atoms with Gasteiger partial charge in [0.05, 0.1) is 11.7 Å². The molecular weight excluding hydrogens is 272 g/mol. The van der Waals surface area contributed by atoms with Crippen molar-refractivity contribution in [2.24, 2.45) is 0 Å². The molecule has 3 heterocycles. The van der Waals surface area contributed by atoms with E-state index in [1.165, 1.54) is 28.6 Å². The normalized spacial score (nSPS) is 19.0. The molecular formula is C18H20N4. The SMILES string of the molecule is Cc1cn[nH]c1[C@@H]1CCN(Cc2cccc3cccnc23)C1. The summed E-state index contributed by atoms with van der Waals surface area (Å²) in [6, 6.07) is 10.6. The molecule has 0 radical (unpaired) electrons. The molecule has 0 bridgehead atoms. The summed E-state index contributed by atoms with van der Waals surface area (Å²) in [7, 11) is 0. The van der Waals surface area contributed by atoms with Gasteiger partial charge in [0.25, 0.3) is 0 Å². The van der Waals surface area contributed by atoms with Gasteiger partial charge in [-0.15, -0.1) is 0 Å². The lowest BCUT2D eigenvalue weighted by molar-refractivity contribution is 0.327. The van der Waals surface area contributed by atoms with Crippen LogP contribution in [0.15, 0.2) is 42.7 Å². The number of H-pyrrole nitrogens is 1. The van der Waals surface area contributed by atoms with Crippen molar-refractivity contribution in [1.29, 1.82) is 0 Å². The van der Waals surface area contributed by atoms with Gasteiger partial charge in [-0.2, -0.15) is 5.10 Å². The van der Waals surface area contributed by atoms with E-state index in [2.05, 4.69) is 51.3 Å². The maximum Gasteiger partial charge on any atom is 0.0746 e. The van der Waals surface area contributed by atoms with Crippen molar-refractivity contribution in [1.82, 2.24) is 20.1 Å². The molecule has 2 aromatic heterocycles. The van der Waals surface area contributed by atoms with Crippen molar-refractivity contribution in [3.05, 3.63) is 59.5 Å². The zero-order valence-corrected chi connectivity index (χ0v) is 12.8. The number of aryl methyl sites for hydroxylation is 1. The van der Waals surface area contributed by atoms with E-state index in [4.69, 9.17) is 0 Å². The highest BCUT2D eigenvalue weighted by molar-refractivity contribution is 5.81. The van der Waals surface area contributed by atoms with Crippen molar-refractivity contribution >= 4 is 10.9 Å². The molecule has 1 fully saturated rings. The summed E-state index contributed by atoms with van der Waals surface area (Å²) in [5, 5.41) is 8.56. The first-order valence-electron chi connectivity index (χ1n) is 7.86. The first-order valence-corrected chi connectivity index (χ1v) is 7.86. The van der Waals surface area contributed by atoms with Gasteiger partial charge in [0, 0.05) is 36.3 Å². The summed E-state index contributed by atoms with van der Waals surface area (Å²) in [4.78, 5) is 7.09. The van der Waals surface area contributed by atoms with E-state index in [9.17, 15) is 0 Å². The van der Waals surface area contributed by atoms with E-state index in [0.717, 1.165) is 25.2 Å². The van der Waals surface area contributed by atoms with Gasteiger partial charge in [0.2, 0.25) is 0 Å². The van der Waals surface area contributed by atoms with Crippen LogP contribution in [-0.2, 0) is 6.54 Å². The Hall–Kier alpha value is -2.20. The molecule has 4 heteroatoms. The Morgan fingerprint density at radius 2 is 2.18 bits per heavy atom. The number of aromatic nitrogens is 3. The van der Waals surface area contributed by atoms with Gasteiger partial charge in [-0.05, 0) is 37.1 Å². The first-order chi connectivity index (χ1) is 10.8. The molecule has 0 aliphatic carbocycles. The molecule has 1 atom stereocenters. The lowest BCUT2D eigenvalue weighted by atomic mass is 10.0. The molecule has 112 valence electrons. The Morgan fingerprint density at radius 1 is 1.27 bits per heavy atom. The average Bonchev–Trinajstić information content (AvgIpc) is 3.16. The van der Waals surface area contributed by atoms with Gasteiger partial charge in [-0.1, -0.05) is 24.3 Å². The number of fused-ring (bicyclic) bond motifs is 1. The minimum Gasteiger partial charge on any atom is -0.298 e. The van der Waals surface area contributed by atoms with E-state index >= 15 is 0 Å². The van der Waals surface area contributed by atoms with Crippen molar-refractivity contribution in [3.8, 4) is 0 Å². The molecule has 1 aromatic carbocycles. The third-order valence-electron chi connectivity index (χ3n) is 4.66. The largest absolute Gasteiger partial charge is 0.298 e. The molecule has 0 saturated carbocycles. The second kappa shape index (κ2) is 5.54. The number of likely N-dealkylation sites (tertiary alicyclic amines) is 1. The van der Waals surface area contributed by atoms with Crippen molar-refractivity contribution < 1.29 is 0 Å². The molecule has 0 spiro atoms. The fourth-order valence-corrected chi connectivity index (χ4v) is 3.52. The summed E-state index contributed by atoms with van der Waals surface area (Å²) in [5.41, 5.74) is 5.03. The lowest BCUT2D eigenvalue weighted by Crippen LogP contribution is -2.20. The smallest absolute Gasteiger partial charge is 0.0746 e. The van der Waals surface area contributed by atoms with Crippen LogP contribution in [0.5, 0.6) is 0 Å². The van der Waals surface area contributed by atoms with Crippen LogP contribution in [0.4, 0.5) is 0 Å². The first kappa shape index (κ1) is 13.5. The van der Waals surface area contributed by atoms with Crippen LogP contribution >= 0.6 is 0 Å². The third kappa shape index (κ3) is 2.40. The molecule has 0 amide bonds. The summed E-state index contributed by atoms with van der Waals surface area (Å²) >= 11 is 0. The summed E-state index contributed by atoms with van der Waals surface area (Å²) in [6.07, 6.45) is 5.00. The molecule has 4 nitrogen and oxygen atoms in total. The fourth-order valence-electron chi connectivity index (χ4n) is 3.52. The van der Waals surface area contributed by atoms with E-state index < -0.39 is 0 Å². The molecule has 1 N–H and O–H groups in total. The Labute approximate surface area is 130 Å². The molecule has 1 aliphatic heterocycles. The summed E-state index contributed by atoms with van der Waals surface area (Å²) in [5.74, 6) is 0.574. The van der Waals surface area contributed by atoms with Crippen LogP contribution in [0.3, 0.4) is 0 Å². The number of para-hydroxylation sites is 1. The van der Waals surface area contributed by atoms with Crippen LogP contribution in [-0.4, -0.2) is 33.2 Å². The zero-order chi connectivity index (χ0) is 14.9. The highest BCUT2D eigenvalue weighted by Gasteiger charge is 2.26. The van der Waals surface area contributed by atoms with Crippen LogP contribution < -0.4 is 0 Å². The number of hydrogen-bond donors (Lipinski definition) is 1. The minimum absolute atomic E-state index is 0.574. The number of nitrogens with one attached hydrogen (secondary N) is 1. The second-order valence-corrected chi connectivity index (χ2v) is 6.18. The van der Waals surface area contributed by atoms with Gasteiger partial charge in [0.15, 0.2) is 0 Å². The highest BCUT2D eigenvalue weighted by Crippen LogP contribution is 2.29. The Balaban J connectivity index is 1.53. The molecule has 3 aromatic rings. The van der Waals surface area contributed by atoms with Crippen LogP contribution in [0.2, 0.25) is 0 Å². The zero-order valence-electron chi connectivity index (χ0n) is 12.8. The number of benzene rings is 1. The van der Waals surface area contributed by atoms with Gasteiger partial charge < -0.3 is 0 Å². The van der Waals surface area contributed by atoms with Crippen molar-refractivity contribution in [3.63, 3.8) is 0 Å². The van der Waals surface area contributed by atoms with Gasteiger partial charge in [-0.3, -0.25) is 15.0 Å². The molecule has 22 heavy (non-hydrogen) atoms. The van der Waals surface area contributed by atoms with E-state index in [-0.39, 0.29) is 0 Å². The molecule has 1 aliphatic rings. The van der Waals surface area contributed by atoms with Crippen LogP contribution in [0.1, 0.15) is 29.2 Å². The van der Waals surface area contributed by atoms with Gasteiger partial charge in [0.1, 0.15) is 0 Å². The highest BCUT2D eigenvalue weighted by atomic mass is 15.2. The van der Waals surface area contributed by atoms with Crippen molar-refractivity contribution in [2.45, 2.75) is 25.8 Å². The maximum absolute atomic E-state index is 4.56. The second-order valence-electron chi connectivity index (χ2n) is 6.18. The standard InChI is InChI=1S/C18H20N4/c1-13-10-20-21-17(13)16-7-9-22(12-16)11-15-5-2-4-14-6-3-8-19-18(14)15/h2-6,8,10,16H,7,9,11-12H2,1H3,(H,20,21)/t16-/m1/s1. The van der Waals surface area contributed by atoms with Crippen molar-refractivity contribution in [2.75, 3.05) is 13.1 Å². The number of rotatable bonds is 3. The lowest BCUT2D eigenvalue weighted by Gasteiger charge is -2.17. The number of pyridine rings is 1. The number of aromatic amines is 1. The summed E-state index contributed by atoms with van der Waals surface area (Å²) < 4.78 is 0. The Morgan fingerprint density at radius 3 is 3.05 bits per heavy atom. The van der Waals surface area contributed by atoms with Crippen LogP contribution in [0.25, 0.3) is 10.9 Å². The monoisotopic (exact) mass is 292 g/mol. The maximum atomic E-state index is 4.56. The quantitative estimate of drug-likeness (QED) is 0.806. The minimum atomic E-state index is 0.574. The topological polar surface area (TPSA) is 44.8 Å². The van der Waals surface area contributed by atoms with Crippen LogP contribution in [0, 0.1) is 6.92 Å². The van der Waals surface area contributed by atoms with Gasteiger partial charge >= 0.3 is 0 Å².